The Labute approximate surface area is 73.6 Å². The van der Waals surface area contributed by atoms with E-state index < -0.39 is 31.7 Å². The molecule has 9 heteroatoms. The molecule has 0 rings (SSSR count). The minimum atomic E-state index is -5.23. The molecule has 3 nitrogen and oxygen atoms in total. The minimum absolute atomic E-state index is 1.39. The van der Waals surface area contributed by atoms with Crippen molar-refractivity contribution in [2.75, 3.05) is 13.4 Å². The van der Waals surface area contributed by atoms with E-state index in [1.165, 1.54) is 0 Å². The van der Waals surface area contributed by atoms with Crippen molar-refractivity contribution in [3.8, 4) is 0 Å². The number of hydrogen-bond acceptors (Lipinski definition) is 3. The van der Waals surface area contributed by atoms with Crippen molar-refractivity contribution in [1.82, 2.24) is 0 Å². The molecule has 0 atom stereocenters. The minimum Gasteiger partial charge on any atom is -0.432 e. The van der Waals surface area contributed by atoms with Crippen molar-refractivity contribution in [2.45, 2.75) is 12.4 Å². The van der Waals surface area contributed by atoms with Crippen LogP contribution in [0.1, 0.15) is 0 Å². The van der Waals surface area contributed by atoms with Gasteiger partial charge >= 0.3 is 18.3 Å². The summed E-state index contributed by atoms with van der Waals surface area (Å²) in [6, 6.07) is 0. The maximum atomic E-state index is 11.4. The van der Waals surface area contributed by atoms with Crippen LogP contribution in [-0.2, 0) is 14.3 Å². The second-order valence-corrected chi connectivity index (χ2v) is 2.01. The maximum absolute atomic E-state index is 11.4. The summed E-state index contributed by atoms with van der Waals surface area (Å²) in [6.07, 6.45) is -9.91. The van der Waals surface area contributed by atoms with Crippen LogP contribution < -0.4 is 0 Å². The third-order valence-electron chi connectivity index (χ3n) is 0.771. The molecular weight excluding hydrogens is 222 g/mol. The number of carbonyl (C=O) groups excluding carboxylic acids is 1. The van der Waals surface area contributed by atoms with Gasteiger partial charge in [-0.3, -0.25) is 0 Å². The Morgan fingerprint density at radius 3 is 1.93 bits per heavy atom. The molecule has 0 aliphatic carbocycles. The van der Waals surface area contributed by atoms with Gasteiger partial charge in [0.05, 0.1) is 0 Å². The van der Waals surface area contributed by atoms with E-state index in [4.69, 9.17) is 0 Å². The monoisotopic (exact) mass is 226 g/mol. The van der Waals surface area contributed by atoms with Gasteiger partial charge in [-0.15, -0.1) is 0 Å². The van der Waals surface area contributed by atoms with E-state index in [1.54, 1.807) is 0 Å². The Hall–Kier alpha value is -0.990. The van der Waals surface area contributed by atoms with Crippen LogP contribution in [-0.4, -0.2) is 31.7 Å². The number of rotatable bonds is 3. The van der Waals surface area contributed by atoms with Crippen molar-refractivity contribution < 1.29 is 40.6 Å². The maximum Gasteiger partial charge on any atom is 0.491 e. The third-order valence-corrected chi connectivity index (χ3v) is 0.771. The lowest BCUT2D eigenvalue weighted by atomic mass is 10.7. The van der Waals surface area contributed by atoms with Gasteiger partial charge in [0.25, 0.3) is 0 Å². The second kappa shape index (κ2) is 4.49. The van der Waals surface area contributed by atoms with Gasteiger partial charge in [0, 0.05) is 0 Å². The van der Waals surface area contributed by atoms with Crippen molar-refractivity contribution in [1.29, 1.82) is 0 Å². The number of carbonyl (C=O) groups is 1. The molecule has 0 aliphatic rings. The quantitative estimate of drug-likeness (QED) is 0.317. The zero-order valence-electron chi connectivity index (χ0n) is 6.41. The van der Waals surface area contributed by atoms with Crippen molar-refractivity contribution in [2.24, 2.45) is 0 Å². The topological polar surface area (TPSA) is 35.5 Å². The highest BCUT2D eigenvalue weighted by atomic mass is 19.4. The second-order valence-electron chi connectivity index (χ2n) is 2.01. The van der Waals surface area contributed by atoms with Gasteiger partial charge in [-0.2, -0.15) is 26.3 Å². The number of alkyl halides is 6. The first-order chi connectivity index (χ1) is 6.13. The molecule has 84 valence electrons. The van der Waals surface area contributed by atoms with E-state index in [0.717, 1.165) is 0 Å². The fourth-order valence-electron chi connectivity index (χ4n) is 0.334. The highest BCUT2D eigenvalue weighted by Gasteiger charge is 2.41. The van der Waals surface area contributed by atoms with Crippen LogP contribution in [0.3, 0.4) is 0 Å². The Kier molecular flexibility index (Phi) is 4.17. The Morgan fingerprint density at radius 2 is 1.57 bits per heavy atom. The van der Waals surface area contributed by atoms with E-state index in [9.17, 15) is 31.1 Å². The van der Waals surface area contributed by atoms with Gasteiger partial charge in [0.2, 0.25) is 0 Å². The molecule has 0 spiro atoms. The van der Waals surface area contributed by atoms with Gasteiger partial charge in [-0.25, -0.2) is 4.79 Å². The van der Waals surface area contributed by atoms with E-state index >= 15 is 0 Å². The first kappa shape index (κ1) is 13.0. The van der Waals surface area contributed by atoms with E-state index in [2.05, 4.69) is 9.47 Å². The molecule has 0 heterocycles. The molecular formula is C5H4F6O3. The van der Waals surface area contributed by atoms with Gasteiger partial charge in [-0.1, -0.05) is 0 Å². The summed E-state index contributed by atoms with van der Waals surface area (Å²) in [4.78, 5) is 9.88. The zero-order chi connectivity index (χ0) is 11.4. The lowest BCUT2D eigenvalue weighted by molar-refractivity contribution is -0.224. The summed E-state index contributed by atoms with van der Waals surface area (Å²) in [6.45, 7) is -3.17. The van der Waals surface area contributed by atoms with Gasteiger partial charge in [0.15, 0.2) is 6.79 Å². The lowest BCUT2D eigenvalue weighted by Crippen LogP contribution is -2.27. The molecule has 0 aliphatic heterocycles. The van der Waals surface area contributed by atoms with Crippen LogP contribution in [0.4, 0.5) is 26.3 Å². The summed E-state index contributed by atoms with van der Waals surface area (Å²) >= 11 is 0. The summed E-state index contributed by atoms with van der Waals surface area (Å²) < 4.78 is 75.0. The molecule has 14 heavy (non-hydrogen) atoms. The van der Waals surface area contributed by atoms with Gasteiger partial charge in [-0.05, 0) is 0 Å². The predicted octanol–water partition coefficient (Wildman–Crippen LogP) is 1.63. The summed E-state index contributed by atoms with van der Waals surface area (Å²) in [5.74, 6) is -2.60. The zero-order valence-corrected chi connectivity index (χ0v) is 6.41. The van der Waals surface area contributed by atoms with E-state index in [0.29, 0.717) is 0 Å². The van der Waals surface area contributed by atoms with Gasteiger partial charge in [0.1, 0.15) is 6.61 Å². The molecule has 0 radical (unpaired) electrons. The number of ether oxygens (including phenoxy) is 2. The molecule has 0 N–H and O–H groups in total. The molecule has 0 saturated heterocycles. The smallest absolute Gasteiger partial charge is 0.432 e. The predicted molar refractivity (Wildman–Crippen MR) is 29.0 cm³/mol. The first-order valence-corrected chi connectivity index (χ1v) is 3.01. The number of hydrogen-bond donors (Lipinski definition) is 0. The molecule has 0 aromatic heterocycles. The summed E-state index contributed by atoms with van der Waals surface area (Å²) in [5, 5.41) is 0. The Balaban J connectivity index is 3.62. The lowest BCUT2D eigenvalue weighted by Gasteiger charge is -2.09. The van der Waals surface area contributed by atoms with Crippen LogP contribution in [0.15, 0.2) is 0 Å². The molecule has 0 aromatic rings. The number of esters is 1. The fraction of sp³-hybridized carbons (Fsp3) is 0.800. The highest BCUT2D eigenvalue weighted by Crippen LogP contribution is 2.17. The Bertz CT molecular complexity index is 195. The molecule has 0 unspecified atom stereocenters. The molecule has 0 amide bonds. The third kappa shape index (κ3) is 6.52. The summed E-state index contributed by atoms with van der Waals surface area (Å²) in [5.41, 5.74) is 0. The van der Waals surface area contributed by atoms with Crippen LogP contribution in [0, 0.1) is 0 Å². The molecule has 0 aromatic carbocycles. The van der Waals surface area contributed by atoms with E-state index in [1.807, 2.05) is 0 Å². The van der Waals surface area contributed by atoms with Gasteiger partial charge < -0.3 is 9.47 Å². The highest BCUT2D eigenvalue weighted by molar-refractivity contribution is 5.75. The average molecular weight is 226 g/mol. The molecule has 0 fully saturated rings. The normalized spacial score (nSPS) is 12.7. The fourth-order valence-corrected chi connectivity index (χ4v) is 0.334. The van der Waals surface area contributed by atoms with Crippen LogP contribution in [0.2, 0.25) is 0 Å². The molecule has 0 saturated carbocycles. The van der Waals surface area contributed by atoms with Crippen LogP contribution in [0.25, 0.3) is 0 Å². The van der Waals surface area contributed by atoms with Crippen molar-refractivity contribution in [3.63, 3.8) is 0 Å². The standard InChI is InChI=1S/C5H4F6O3/c6-4(7,8)1-13-2-14-3(12)5(9,10)11/h1-2H2. The Morgan fingerprint density at radius 1 is 1.07 bits per heavy atom. The van der Waals surface area contributed by atoms with Crippen molar-refractivity contribution in [3.05, 3.63) is 0 Å². The van der Waals surface area contributed by atoms with Crippen LogP contribution in [0.5, 0.6) is 0 Å². The largest absolute Gasteiger partial charge is 0.491 e. The first-order valence-electron chi connectivity index (χ1n) is 3.01. The van der Waals surface area contributed by atoms with E-state index in [-0.39, 0.29) is 0 Å². The average Bonchev–Trinajstić information content (AvgIpc) is 1.93. The number of halogens is 6. The van der Waals surface area contributed by atoms with Crippen molar-refractivity contribution >= 4 is 5.97 Å². The van der Waals surface area contributed by atoms with Crippen LogP contribution >= 0.6 is 0 Å². The SMILES string of the molecule is O=C(OCOCC(F)(F)F)C(F)(F)F. The molecule has 0 bridgehead atoms. The summed E-state index contributed by atoms with van der Waals surface area (Å²) in [7, 11) is 0.